The number of carboxylic acids is 1. The molecule has 16 heavy (non-hydrogen) atoms. The number of nitrogens with one attached hydrogen (secondary N) is 1. The fraction of sp³-hybridized carbons (Fsp3) is 0.100. The Morgan fingerprint density at radius 2 is 2.25 bits per heavy atom. The second-order valence-electron chi connectivity index (χ2n) is 3.10. The summed E-state index contributed by atoms with van der Waals surface area (Å²) in [5.41, 5.74) is 0.919. The molecule has 0 saturated heterocycles. The molecule has 0 aliphatic heterocycles. The third-order valence-corrected chi connectivity index (χ3v) is 2.16. The van der Waals surface area contributed by atoms with Crippen molar-refractivity contribution in [1.82, 2.24) is 9.97 Å². The molecule has 0 saturated carbocycles. The van der Waals surface area contributed by atoms with Crippen LogP contribution >= 0.6 is 0 Å². The first-order valence-electron chi connectivity index (χ1n) is 4.40. The topological polar surface area (TPSA) is 95.1 Å². The average molecular weight is 219 g/mol. The van der Waals surface area contributed by atoms with E-state index in [2.05, 4.69) is 14.7 Å². The number of aromatic nitrogens is 2. The van der Waals surface area contributed by atoms with Crippen LogP contribution in [0.5, 0.6) is 0 Å². The Balaban J connectivity index is 2.57. The van der Waals surface area contributed by atoms with Crippen LogP contribution in [-0.2, 0) is 4.74 Å². The number of carbonyl (C=O) groups is 2. The quantitative estimate of drug-likeness (QED) is 0.700. The van der Waals surface area contributed by atoms with Gasteiger partial charge in [0, 0.05) is 18.0 Å². The zero-order valence-corrected chi connectivity index (χ0v) is 8.31. The van der Waals surface area contributed by atoms with Gasteiger partial charge in [-0.3, -0.25) is 4.98 Å². The molecule has 6 nitrogen and oxygen atoms in total. The number of hydrogen-bond acceptors (Lipinski definition) is 5. The number of methoxy groups -OCH3 is 1. The summed E-state index contributed by atoms with van der Waals surface area (Å²) in [6, 6.07) is 1.47. The fourth-order valence-electron chi connectivity index (χ4n) is 1.39. The largest absolute Gasteiger partial charge is 0.545 e. The third kappa shape index (κ3) is 1.50. The Morgan fingerprint density at radius 3 is 2.88 bits per heavy atom. The highest BCUT2D eigenvalue weighted by Crippen LogP contribution is 2.16. The zero-order valence-electron chi connectivity index (χ0n) is 8.31. The molecule has 6 heteroatoms. The zero-order chi connectivity index (χ0) is 11.7. The van der Waals surface area contributed by atoms with Gasteiger partial charge in [0.05, 0.1) is 29.7 Å². The number of aromatic carboxylic acids is 1. The molecular weight excluding hydrogens is 212 g/mol. The van der Waals surface area contributed by atoms with Crippen LogP contribution in [0.15, 0.2) is 18.5 Å². The Bertz CT molecular complexity index is 573. The van der Waals surface area contributed by atoms with Crippen molar-refractivity contribution in [2.45, 2.75) is 0 Å². The van der Waals surface area contributed by atoms with Crippen LogP contribution in [0.1, 0.15) is 20.7 Å². The third-order valence-electron chi connectivity index (χ3n) is 2.16. The number of H-pyrrole nitrogens is 1. The monoisotopic (exact) mass is 219 g/mol. The number of pyridine rings is 1. The maximum Gasteiger partial charge on any atom is 0.339 e. The summed E-state index contributed by atoms with van der Waals surface area (Å²) in [6.45, 7) is 0. The van der Waals surface area contributed by atoms with Gasteiger partial charge in [0.15, 0.2) is 0 Å². The van der Waals surface area contributed by atoms with E-state index in [1.54, 1.807) is 0 Å². The number of rotatable bonds is 2. The molecule has 2 aromatic rings. The minimum Gasteiger partial charge on any atom is -0.545 e. The molecule has 0 unspecified atom stereocenters. The lowest BCUT2D eigenvalue weighted by Crippen LogP contribution is -2.21. The van der Waals surface area contributed by atoms with Crippen LogP contribution in [0.2, 0.25) is 0 Å². The molecule has 0 spiro atoms. The van der Waals surface area contributed by atoms with Gasteiger partial charge in [0.2, 0.25) is 0 Å². The highest BCUT2D eigenvalue weighted by atomic mass is 16.5. The molecule has 2 aromatic heterocycles. The molecule has 0 bridgehead atoms. The number of carbonyl (C=O) groups excluding carboxylic acids is 2. The van der Waals surface area contributed by atoms with E-state index in [-0.39, 0.29) is 16.6 Å². The van der Waals surface area contributed by atoms with E-state index in [4.69, 9.17) is 0 Å². The average Bonchev–Trinajstić information content (AvgIpc) is 2.70. The summed E-state index contributed by atoms with van der Waals surface area (Å²) in [4.78, 5) is 28.5. The first-order valence-corrected chi connectivity index (χ1v) is 4.40. The number of ether oxygens (including phenoxy) is 1. The van der Waals surface area contributed by atoms with Gasteiger partial charge >= 0.3 is 5.97 Å². The van der Waals surface area contributed by atoms with E-state index < -0.39 is 11.9 Å². The van der Waals surface area contributed by atoms with Crippen LogP contribution in [0.4, 0.5) is 0 Å². The van der Waals surface area contributed by atoms with Crippen LogP contribution in [-0.4, -0.2) is 29.0 Å². The maximum atomic E-state index is 11.2. The standard InChI is InChI=1S/C10H8N2O4/c1-16-10(15)5-2-7-8(12-3-5)6(4-11-7)9(13)14/h2-4,11H,1H3,(H,13,14)/p-1. The molecule has 1 N–H and O–H groups in total. The van der Waals surface area contributed by atoms with Crippen LogP contribution in [0.25, 0.3) is 11.0 Å². The van der Waals surface area contributed by atoms with Crippen LogP contribution < -0.4 is 5.11 Å². The first-order chi connectivity index (χ1) is 7.63. The number of aromatic amines is 1. The molecule has 2 rings (SSSR count). The molecule has 0 fully saturated rings. The van der Waals surface area contributed by atoms with Gasteiger partial charge in [-0.1, -0.05) is 0 Å². The summed E-state index contributed by atoms with van der Waals surface area (Å²) < 4.78 is 4.52. The maximum absolute atomic E-state index is 11.2. The lowest BCUT2D eigenvalue weighted by Gasteiger charge is -2.00. The Morgan fingerprint density at radius 1 is 1.50 bits per heavy atom. The van der Waals surface area contributed by atoms with Crippen molar-refractivity contribution >= 4 is 23.0 Å². The van der Waals surface area contributed by atoms with E-state index in [9.17, 15) is 14.7 Å². The minimum atomic E-state index is -1.32. The molecule has 0 aliphatic carbocycles. The molecule has 82 valence electrons. The van der Waals surface area contributed by atoms with E-state index in [1.165, 1.54) is 25.6 Å². The van der Waals surface area contributed by atoms with E-state index >= 15 is 0 Å². The lowest BCUT2D eigenvalue weighted by molar-refractivity contribution is -0.254. The fourth-order valence-corrected chi connectivity index (χ4v) is 1.39. The van der Waals surface area contributed by atoms with Crippen molar-refractivity contribution in [2.24, 2.45) is 0 Å². The van der Waals surface area contributed by atoms with Gasteiger partial charge in [-0.05, 0) is 6.07 Å². The highest BCUT2D eigenvalue weighted by molar-refractivity contribution is 6.02. The predicted molar refractivity (Wildman–Crippen MR) is 51.8 cm³/mol. The molecule has 0 aliphatic rings. The van der Waals surface area contributed by atoms with Gasteiger partial charge in [-0.25, -0.2) is 4.79 Å². The highest BCUT2D eigenvalue weighted by Gasteiger charge is 2.10. The minimum absolute atomic E-state index is 0.0357. The number of carboxylic acid groups (broad SMARTS) is 1. The SMILES string of the molecule is COC(=O)c1cnc2c(C(=O)[O-])c[nH]c2c1. The van der Waals surface area contributed by atoms with Gasteiger partial charge in [-0.2, -0.15) is 0 Å². The van der Waals surface area contributed by atoms with Crippen molar-refractivity contribution in [2.75, 3.05) is 7.11 Å². The molecule has 0 amide bonds. The van der Waals surface area contributed by atoms with Gasteiger partial charge in [-0.15, -0.1) is 0 Å². The number of fused-ring (bicyclic) bond motifs is 1. The Kier molecular flexibility index (Phi) is 2.32. The van der Waals surface area contributed by atoms with E-state index in [0.29, 0.717) is 5.52 Å². The predicted octanol–water partition coefficient (Wildman–Crippen LogP) is -0.287. The van der Waals surface area contributed by atoms with Gasteiger partial charge < -0.3 is 19.6 Å². The number of esters is 1. The molecule has 0 radical (unpaired) electrons. The van der Waals surface area contributed by atoms with Crippen molar-refractivity contribution < 1.29 is 19.4 Å². The summed E-state index contributed by atoms with van der Waals surface area (Å²) in [5.74, 6) is -1.84. The Labute approximate surface area is 89.9 Å². The summed E-state index contributed by atoms with van der Waals surface area (Å²) >= 11 is 0. The van der Waals surface area contributed by atoms with E-state index in [0.717, 1.165) is 0 Å². The number of hydrogen-bond donors (Lipinski definition) is 1. The molecule has 2 heterocycles. The first kappa shape index (κ1) is 10.2. The molecular formula is C10H7N2O4-. The van der Waals surface area contributed by atoms with Crippen LogP contribution in [0.3, 0.4) is 0 Å². The molecule has 0 aromatic carbocycles. The van der Waals surface area contributed by atoms with E-state index in [1.807, 2.05) is 0 Å². The van der Waals surface area contributed by atoms with Gasteiger partial charge in [0.1, 0.15) is 0 Å². The Hall–Kier alpha value is -2.37. The second kappa shape index (κ2) is 3.65. The lowest BCUT2D eigenvalue weighted by atomic mass is 10.2. The summed E-state index contributed by atoms with van der Waals surface area (Å²) in [7, 11) is 1.26. The molecule has 0 atom stereocenters. The smallest absolute Gasteiger partial charge is 0.339 e. The van der Waals surface area contributed by atoms with Crippen molar-refractivity contribution in [3.05, 3.63) is 29.6 Å². The van der Waals surface area contributed by atoms with Gasteiger partial charge in [0.25, 0.3) is 0 Å². The summed E-state index contributed by atoms with van der Waals surface area (Å²) in [6.07, 6.45) is 2.53. The summed E-state index contributed by atoms with van der Waals surface area (Å²) in [5, 5.41) is 10.7. The second-order valence-corrected chi connectivity index (χ2v) is 3.10. The van der Waals surface area contributed by atoms with Crippen molar-refractivity contribution in [1.29, 1.82) is 0 Å². The van der Waals surface area contributed by atoms with Crippen molar-refractivity contribution in [3.8, 4) is 0 Å². The van der Waals surface area contributed by atoms with Crippen LogP contribution in [0, 0.1) is 0 Å². The number of nitrogens with zero attached hydrogens (tertiary/aromatic N) is 1. The van der Waals surface area contributed by atoms with Crippen molar-refractivity contribution in [3.63, 3.8) is 0 Å². The normalized spacial score (nSPS) is 10.3.